The summed E-state index contributed by atoms with van der Waals surface area (Å²) < 4.78 is 29.6. The van der Waals surface area contributed by atoms with Crippen LogP contribution in [-0.2, 0) is 19.4 Å². The lowest BCUT2D eigenvalue weighted by Gasteiger charge is -2.32. The van der Waals surface area contributed by atoms with Crippen LogP contribution in [0.3, 0.4) is 0 Å². The van der Waals surface area contributed by atoms with E-state index in [1.165, 1.54) is 6.07 Å². The van der Waals surface area contributed by atoms with E-state index >= 15 is 4.39 Å². The van der Waals surface area contributed by atoms with Crippen molar-refractivity contribution in [2.45, 2.75) is 45.1 Å². The number of benzene rings is 1. The summed E-state index contributed by atoms with van der Waals surface area (Å²) in [5, 5.41) is 11.0. The van der Waals surface area contributed by atoms with Crippen LogP contribution >= 0.6 is 0 Å². The maximum absolute atomic E-state index is 15.0. The van der Waals surface area contributed by atoms with Gasteiger partial charge in [-0.1, -0.05) is 6.92 Å². The Hall–Kier alpha value is -3.69. The van der Waals surface area contributed by atoms with Crippen LogP contribution in [0.2, 0.25) is 0 Å². The summed E-state index contributed by atoms with van der Waals surface area (Å²) in [6.45, 7) is 4.21. The second-order valence-electron chi connectivity index (χ2n) is 9.07. The minimum Gasteiger partial charge on any atom is -0.363 e. The highest BCUT2D eigenvalue weighted by Crippen LogP contribution is 2.36. The molecule has 0 unspecified atom stereocenters. The first kappa shape index (κ1) is 23.1. The van der Waals surface area contributed by atoms with Crippen molar-refractivity contribution >= 4 is 17.3 Å². The van der Waals surface area contributed by atoms with E-state index in [1.54, 1.807) is 17.2 Å². The summed E-state index contributed by atoms with van der Waals surface area (Å²) in [6, 6.07) is 3.85. The van der Waals surface area contributed by atoms with Crippen LogP contribution in [0.1, 0.15) is 48.1 Å². The topological polar surface area (TPSA) is 88.3 Å². The van der Waals surface area contributed by atoms with Gasteiger partial charge in [0.15, 0.2) is 5.82 Å². The molecule has 0 saturated carbocycles. The molecule has 35 heavy (non-hydrogen) atoms. The number of hydrogen-bond acceptors (Lipinski definition) is 7. The number of piperidine rings is 1. The molecule has 4 heterocycles. The van der Waals surface area contributed by atoms with Gasteiger partial charge in [0.1, 0.15) is 5.82 Å². The van der Waals surface area contributed by atoms with Crippen LogP contribution in [-0.4, -0.2) is 39.5 Å². The average molecular weight is 481 g/mol. The van der Waals surface area contributed by atoms with Crippen LogP contribution in [0.15, 0.2) is 36.8 Å². The van der Waals surface area contributed by atoms with Crippen molar-refractivity contribution in [3.8, 4) is 0 Å². The van der Waals surface area contributed by atoms with E-state index in [-0.39, 0.29) is 23.8 Å². The molecule has 1 aromatic carbocycles. The van der Waals surface area contributed by atoms with Crippen molar-refractivity contribution < 1.29 is 13.7 Å². The van der Waals surface area contributed by atoms with E-state index in [0.29, 0.717) is 24.2 Å². The second-order valence-corrected chi connectivity index (χ2v) is 9.07. The van der Waals surface area contributed by atoms with Gasteiger partial charge in [0.25, 0.3) is 5.69 Å². The molecular formula is C25H26F2N6O2. The molecule has 2 aliphatic rings. The number of rotatable bonds is 6. The number of aryl methyl sites for hydroxylation is 1. The molecule has 0 bridgehead atoms. The average Bonchev–Trinajstić information content (AvgIpc) is 3.28. The monoisotopic (exact) mass is 480 g/mol. The summed E-state index contributed by atoms with van der Waals surface area (Å²) in [5.41, 5.74) is 2.79. The Kier molecular flexibility index (Phi) is 6.27. The number of aromatic nitrogens is 3. The maximum Gasteiger partial charge on any atom is 0.272 e. The number of anilines is 2. The lowest BCUT2D eigenvalue weighted by atomic mass is 9.90. The quantitative estimate of drug-likeness (QED) is 0.377. The van der Waals surface area contributed by atoms with Crippen LogP contribution in [0, 0.1) is 21.7 Å². The fourth-order valence-corrected chi connectivity index (χ4v) is 4.92. The van der Waals surface area contributed by atoms with Crippen molar-refractivity contribution in [1.29, 1.82) is 0 Å². The van der Waals surface area contributed by atoms with Gasteiger partial charge in [-0.2, -0.15) is 0 Å². The van der Waals surface area contributed by atoms with E-state index in [9.17, 15) is 14.5 Å². The van der Waals surface area contributed by atoms with E-state index in [0.717, 1.165) is 55.5 Å². The Morgan fingerprint density at radius 1 is 1.03 bits per heavy atom. The first-order valence-electron chi connectivity index (χ1n) is 11.8. The number of nitro groups is 1. The fraction of sp³-hybridized carbons (Fsp3) is 0.400. The second kappa shape index (κ2) is 9.52. The largest absolute Gasteiger partial charge is 0.363 e. The molecule has 0 spiro atoms. The maximum atomic E-state index is 15.0. The molecule has 8 nitrogen and oxygen atoms in total. The van der Waals surface area contributed by atoms with Gasteiger partial charge < -0.3 is 9.80 Å². The van der Waals surface area contributed by atoms with Gasteiger partial charge >= 0.3 is 0 Å². The highest BCUT2D eigenvalue weighted by Gasteiger charge is 2.28. The minimum absolute atomic E-state index is 0.109. The molecule has 0 N–H and O–H groups in total. The Bertz CT molecular complexity index is 1250. The predicted molar refractivity (Wildman–Crippen MR) is 128 cm³/mol. The van der Waals surface area contributed by atoms with Crippen LogP contribution in [0.25, 0.3) is 0 Å². The number of pyridine rings is 1. The van der Waals surface area contributed by atoms with Gasteiger partial charge in [-0.15, -0.1) is 0 Å². The number of halogens is 2. The molecule has 0 aliphatic carbocycles. The molecule has 2 aliphatic heterocycles. The summed E-state index contributed by atoms with van der Waals surface area (Å²) >= 11 is 0. The van der Waals surface area contributed by atoms with Crippen LogP contribution in [0.4, 0.5) is 26.1 Å². The Morgan fingerprint density at radius 3 is 2.43 bits per heavy atom. The predicted octanol–water partition coefficient (Wildman–Crippen LogP) is 4.57. The third-order valence-electron chi connectivity index (χ3n) is 6.93. The number of hydrogen-bond donors (Lipinski definition) is 0. The van der Waals surface area contributed by atoms with Crippen LogP contribution in [0.5, 0.6) is 0 Å². The normalized spacial score (nSPS) is 16.0. The first-order valence-corrected chi connectivity index (χ1v) is 11.8. The molecule has 1 fully saturated rings. The molecule has 0 radical (unpaired) electrons. The van der Waals surface area contributed by atoms with E-state index < -0.39 is 16.6 Å². The third kappa shape index (κ3) is 4.65. The first-order chi connectivity index (χ1) is 16.9. The van der Waals surface area contributed by atoms with Gasteiger partial charge in [-0.25, -0.2) is 18.7 Å². The zero-order chi connectivity index (χ0) is 24.5. The Balaban J connectivity index is 1.24. The van der Waals surface area contributed by atoms with Gasteiger partial charge in [0.05, 0.1) is 28.9 Å². The smallest absolute Gasteiger partial charge is 0.272 e. The zero-order valence-electron chi connectivity index (χ0n) is 19.5. The number of nitro benzene ring substituents is 1. The zero-order valence-corrected chi connectivity index (χ0v) is 19.5. The summed E-state index contributed by atoms with van der Waals surface area (Å²) in [7, 11) is 0. The third-order valence-corrected chi connectivity index (χ3v) is 6.93. The number of non-ortho nitro benzene ring substituents is 1. The molecule has 1 saturated heterocycles. The SMILES string of the molecule is CCc1cnc(N2CCC(c3cnc(CN4CCc5cc([N+](=O)[O-])cc(F)c54)c(F)c3)CC2)nc1. The summed E-state index contributed by atoms with van der Waals surface area (Å²) in [5.74, 6) is -0.158. The fourth-order valence-electron chi connectivity index (χ4n) is 4.92. The molecular weight excluding hydrogens is 454 g/mol. The number of fused-ring (bicyclic) bond motifs is 1. The van der Waals surface area contributed by atoms with Gasteiger partial charge in [0.2, 0.25) is 5.95 Å². The van der Waals surface area contributed by atoms with Crippen molar-refractivity contribution in [3.63, 3.8) is 0 Å². The van der Waals surface area contributed by atoms with Gasteiger partial charge in [-0.05, 0) is 54.4 Å². The van der Waals surface area contributed by atoms with E-state index in [4.69, 9.17) is 0 Å². The molecule has 182 valence electrons. The van der Waals surface area contributed by atoms with Crippen molar-refractivity contribution in [1.82, 2.24) is 15.0 Å². The van der Waals surface area contributed by atoms with E-state index in [2.05, 4.69) is 26.8 Å². The highest BCUT2D eigenvalue weighted by molar-refractivity contribution is 5.62. The summed E-state index contributed by atoms with van der Waals surface area (Å²) in [4.78, 5) is 27.5. The minimum atomic E-state index is -0.663. The standard InChI is InChI=1S/C25H26F2N6O2/c1-2-16-12-29-25(30-13-16)31-6-3-17(4-7-31)19-10-21(26)23(28-14-19)15-32-8-5-18-9-20(33(34)35)11-22(27)24(18)32/h9-14,17H,2-8,15H2,1H3. The summed E-state index contributed by atoms with van der Waals surface area (Å²) in [6.07, 6.45) is 8.51. The molecule has 3 aromatic rings. The van der Waals surface area contributed by atoms with Gasteiger partial charge in [-0.3, -0.25) is 15.1 Å². The van der Waals surface area contributed by atoms with Crippen molar-refractivity contribution in [3.05, 3.63) is 80.9 Å². The van der Waals surface area contributed by atoms with Gasteiger partial charge in [0, 0.05) is 44.3 Å². The lowest BCUT2D eigenvalue weighted by Crippen LogP contribution is -2.34. The number of nitrogens with zero attached hydrogens (tertiary/aromatic N) is 6. The molecule has 10 heteroatoms. The van der Waals surface area contributed by atoms with Crippen molar-refractivity contribution in [2.24, 2.45) is 0 Å². The lowest BCUT2D eigenvalue weighted by molar-refractivity contribution is -0.385. The van der Waals surface area contributed by atoms with Crippen molar-refractivity contribution in [2.75, 3.05) is 29.4 Å². The van der Waals surface area contributed by atoms with E-state index in [1.807, 2.05) is 12.4 Å². The Morgan fingerprint density at radius 2 is 1.77 bits per heavy atom. The molecule has 0 atom stereocenters. The molecule has 5 rings (SSSR count). The molecule has 2 aromatic heterocycles. The Labute approximate surface area is 201 Å². The highest BCUT2D eigenvalue weighted by atomic mass is 19.1. The molecule has 0 amide bonds. The van der Waals surface area contributed by atoms with Crippen LogP contribution < -0.4 is 9.80 Å².